The second kappa shape index (κ2) is 9.07. The van der Waals surface area contributed by atoms with Crippen LogP contribution in [-0.2, 0) is 4.74 Å². The van der Waals surface area contributed by atoms with Gasteiger partial charge in [-0.1, -0.05) is 0 Å². The Bertz CT molecular complexity index is 178. The lowest BCUT2D eigenvalue weighted by molar-refractivity contribution is 0.108. The van der Waals surface area contributed by atoms with Crippen LogP contribution in [0.2, 0.25) is 0 Å². The van der Waals surface area contributed by atoms with Crippen LogP contribution in [0.4, 0.5) is 9.59 Å². The number of carbonyl (C=O) groups excluding carboxylic acids is 2. The van der Waals surface area contributed by atoms with E-state index in [2.05, 4.69) is 21.3 Å². The SMILES string of the molecule is CCNC(=O)NCOCNC(=O)NCC. The summed E-state index contributed by atoms with van der Waals surface area (Å²) in [6.45, 7) is 4.86. The van der Waals surface area contributed by atoms with Crippen molar-refractivity contribution in [2.75, 3.05) is 26.6 Å². The van der Waals surface area contributed by atoms with Crippen LogP contribution < -0.4 is 21.3 Å². The van der Waals surface area contributed by atoms with E-state index in [1.165, 1.54) is 0 Å². The zero-order valence-corrected chi connectivity index (χ0v) is 9.05. The highest BCUT2D eigenvalue weighted by molar-refractivity contribution is 5.74. The first-order valence-electron chi connectivity index (χ1n) is 4.81. The molecule has 0 rings (SSSR count). The Morgan fingerprint density at radius 3 is 1.60 bits per heavy atom. The molecule has 15 heavy (non-hydrogen) atoms. The number of amides is 4. The maximum atomic E-state index is 10.8. The number of ether oxygens (including phenoxy) is 1. The molecule has 4 N–H and O–H groups in total. The molecule has 0 aliphatic rings. The molecule has 4 amide bonds. The van der Waals surface area contributed by atoms with Gasteiger partial charge >= 0.3 is 12.1 Å². The second-order valence-corrected chi connectivity index (χ2v) is 2.57. The summed E-state index contributed by atoms with van der Waals surface area (Å²) in [4.78, 5) is 21.7. The lowest BCUT2D eigenvalue weighted by atomic mass is 10.7. The molecule has 0 aliphatic heterocycles. The molecule has 0 unspecified atom stereocenters. The van der Waals surface area contributed by atoms with Gasteiger partial charge in [0.1, 0.15) is 13.5 Å². The molecule has 0 aromatic carbocycles. The molecule has 7 heteroatoms. The van der Waals surface area contributed by atoms with Crippen molar-refractivity contribution in [3.8, 4) is 0 Å². The fraction of sp³-hybridized carbons (Fsp3) is 0.750. The Morgan fingerprint density at radius 1 is 0.867 bits per heavy atom. The van der Waals surface area contributed by atoms with Gasteiger partial charge in [0.25, 0.3) is 0 Å². The number of urea groups is 2. The Hall–Kier alpha value is -1.50. The lowest BCUT2D eigenvalue weighted by Crippen LogP contribution is -2.40. The number of carbonyl (C=O) groups is 2. The van der Waals surface area contributed by atoms with Crippen molar-refractivity contribution in [1.82, 2.24) is 21.3 Å². The molecule has 0 bridgehead atoms. The minimum atomic E-state index is -0.296. The number of hydrogen-bond donors (Lipinski definition) is 4. The average Bonchev–Trinajstić information content (AvgIpc) is 2.18. The Kier molecular flexibility index (Phi) is 8.16. The van der Waals surface area contributed by atoms with Crippen molar-refractivity contribution in [2.45, 2.75) is 13.8 Å². The summed E-state index contributed by atoms with van der Waals surface area (Å²) in [5.41, 5.74) is 0. The van der Waals surface area contributed by atoms with E-state index in [0.29, 0.717) is 13.1 Å². The molecular weight excluding hydrogens is 200 g/mol. The maximum Gasteiger partial charge on any atom is 0.316 e. The number of nitrogens with one attached hydrogen (secondary N) is 4. The van der Waals surface area contributed by atoms with Gasteiger partial charge in [-0.2, -0.15) is 0 Å². The molecule has 0 heterocycles. The van der Waals surface area contributed by atoms with Gasteiger partial charge in [0.15, 0.2) is 0 Å². The van der Waals surface area contributed by atoms with E-state index in [1.807, 2.05) is 13.8 Å². The maximum absolute atomic E-state index is 10.8. The highest BCUT2D eigenvalue weighted by atomic mass is 16.5. The molecule has 0 saturated heterocycles. The standard InChI is InChI=1S/C8H18N4O3/c1-3-9-7(13)11-5-15-6-12-8(14)10-4-2/h3-6H2,1-2H3,(H2,9,11,13)(H2,10,12,14). The van der Waals surface area contributed by atoms with Gasteiger partial charge in [0.2, 0.25) is 0 Å². The van der Waals surface area contributed by atoms with Crippen LogP contribution in [-0.4, -0.2) is 38.6 Å². The van der Waals surface area contributed by atoms with E-state index < -0.39 is 0 Å². The Morgan fingerprint density at radius 2 is 1.27 bits per heavy atom. The predicted octanol–water partition coefficient (Wildman–Crippen LogP) is -0.444. The molecule has 0 fully saturated rings. The molecule has 0 aromatic rings. The van der Waals surface area contributed by atoms with Crippen LogP contribution in [0.3, 0.4) is 0 Å². The van der Waals surface area contributed by atoms with Crippen LogP contribution in [0.15, 0.2) is 0 Å². The summed E-state index contributed by atoms with van der Waals surface area (Å²) in [7, 11) is 0. The molecule has 0 aromatic heterocycles. The van der Waals surface area contributed by atoms with E-state index >= 15 is 0 Å². The molecule has 7 nitrogen and oxygen atoms in total. The number of hydrogen-bond acceptors (Lipinski definition) is 3. The van der Waals surface area contributed by atoms with Crippen molar-refractivity contribution in [2.24, 2.45) is 0 Å². The predicted molar refractivity (Wildman–Crippen MR) is 55.2 cm³/mol. The fourth-order valence-electron chi connectivity index (χ4n) is 0.730. The van der Waals surface area contributed by atoms with Gasteiger partial charge < -0.3 is 26.0 Å². The fourth-order valence-corrected chi connectivity index (χ4v) is 0.730. The van der Waals surface area contributed by atoms with Crippen LogP contribution in [0, 0.1) is 0 Å². The molecule has 0 atom stereocenters. The Labute approximate surface area is 88.9 Å². The van der Waals surface area contributed by atoms with Gasteiger partial charge in [-0.25, -0.2) is 9.59 Å². The first kappa shape index (κ1) is 13.5. The van der Waals surface area contributed by atoms with Crippen molar-refractivity contribution < 1.29 is 14.3 Å². The quantitative estimate of drug-likeness (QED) is 0.359. The van der Waals surface area contributed by atoms with Crippen molar-refractivity contribution in [3.05, 3.63) is 0 Å². The summed E-state index contributed by atoms with van der Waals surface area (Å²) < 4.78 is 4.92. The molecule has 0 radical (unpaired) electrons. The third kappa shape index (κ3) is 8.82. The summed E-state index contributed by atoms with van der Waals surface area (Å²) in [5.74, 6) is 0. The first-order chi connectivity index (χ1) is 7.20. The van der Waals surface area contributed by atoms with Gasteiger partial charge in [-0.15, -0.1) is 0 Å². The first-order valence-corrected chi connectivity index (χ1v) is 4.81. The molecule has 0 saturated carbocycles. The minimum absolute atomic E-state index is 0.0538. The van der Waals surface area contributed by atoms with E-state index in [9.17, 15) is 9.59 Å². The second-order valence-electron chi connectivity index (χ2n) is 2.57. The van der Waals surface area contributed by atoms with E-state index in [-0.39, 0.29) is 25.5 Å². The van der Waals surface area contributed by atoms with E-state index in [4.69, 9.17) is 4.74 Å². The van der Waals surface area contributed by atoms with Gasteiger partial charge in [-0.3, -0.25) is 0 Å². The molecule has 0 spiro atoms. The third-order valence-electron chi connectivity index (χ3n) is 1.34. The monoisotopic (exact) mass is 218 g/mol. The normalized spacial score (nSPS) is 9.20. The van der Waals surface area contributed by atoms with E-state index in [1.54, 1.807) is 0 Å². The van der Waals surface area contributed by atoms with E-state index in [0.717, 1.165) is 0 Å². The molecule has 88 valence electrons. The Balaban J connectivity index is 3.24. The average molecular weight is 218 g/mol. The van der Waals surface area contributed by atoms with Gasteiger partial charge in [0, 0.05) is 13.1 Å². The zero-order chi connectivity index (χ0) is 11.5. The number of rotatable bonds is 6. The lowest BCUT2D eigenvalue weighted by Gasteiger charge is -2.08. The highest BCUT2D eigenvalue weighted by Gasteiger charge is 1.97. The van der Waals surface area contributed by atoms with Gasteiger partial charge in [0.05, 0.1) is 0 Å². The summed E-state index contributed by atoms with van der Waals surface area (Å²) >= 11 is 0. The third-order valence-corrected chi connectivity index (χ3v) is 1.34. The van der Waals surface area contributed by atoms with Crippen molar-refractivity contribution in [3.63, 3.8) is 0 Å². The van der Waals surface area contributed by atoms with Crippen LogP contribution in [0.5, 0.6) is 0 Å². The summed E-state index contributed by atoms with van der Waals surface area (Å²) in [6.07, 6.45) is 0. The molecular formula is C8H18N4O3. The van der Waals surface area contributed by atoms with Crippen LogP contribution in [0.1, 0.15) is 13.8 Å². The highest BCUT2D eigenvalue weighted by Crippen LogP contribution is 1.70. The summed E-state index contributed by atoms with van der Waals surface area (Å²) in [5, 5.41) is 9.96. The van der Waals surface area contributed by atoms with Crippen LogP contribution >= 0.6 is 0 Å². The zero-order valence-electron chi connectivity index (χ0n) is 9.05. The smallest absolute Gasteiger partial charge is 0.316 e. The summed E-state index contributed by atoms with van der Waals surface area (Å²) in [6, 6.07) is -0.592. The minimum Gasteiger partial charge on any atom is -0.341 e. The molecule has 0 aliphatic carbocycles. The largest absolute Gasteiger partial charge is 0.341 e. The van der Waals surface area contributed by atoms with Crippen molar-refractivity contribution in [1.29, 1.82) is 0 Å². The topological polar surface area (TPSA) is 91.5 Å². The van der Waals surface area contributed by atoms with Crippen LogP contribution in [0.25, 0.3) is 0 Å². The van der Waals surface area contributed by atoms with Crippen molar-refractivity contribution >= 4 is 12.1 Å². The van der Waals surface area contributed by atoms with Gasteiger partial charge in [-0.05, 0) is 13.8 Å².